The van der Waals surface area contributed by atoms with E-state index in [4.69, 9.17) is 14.2 Å². The second-order valence-electron chi connectivity index (χ2n) is 8.75. The van der Waals surface area contributed by atoms with E-state index in [1.54, 1.807) is 32.4 Å². The van der Waals surface area contributed by atoms with Crippen LogP contribution < -0.4 is 25.4 Å². The van der Waals surface area contributed by atoms with Gasteiger partial charge in [0.25, 0.3) is 0 Å². The Morgan fingerprint density at radius 1 is 1.06 bits per heavy atom. The first-order valence-electron chi connectivity index (χ1n) is 10.3. The third-order valence-electron chi connectivity index (χ3n) is 4.04. The summed E-state index contributed by atoms with van der Waals surface area (Å²) in [6, 6.07) is 5.26. The zero-order valence-corrected chi connectivity index (χ0v) is 20.0. The van der Waals surface area contributed by atoms with Gasteiger partial charge in [0.1, 0.15) is 17.1 Å². The SMILES string of the molecule is CCNC(=NCC(C)(C)NC(=O)OC(C)(C)C)NCC(O)c1cc(OC)cc(OC)c1. The largest absolute Gasteiger partial charge is 0.497 e. The van der Waals surface area contributed by atoms with Crippen molar-refractivity contribution in [1.82, 2.24) is 16.0 Å². The molecule has 0 aromatic heterocycles. The molecule has 1 amide bonds. The zero-order valence-electron chi connectivity index (χ0n) is 20.0. The molecule has 0 radical (unpaired) electrons. The summed E-state index contributed by atoms with van der Waals surface area (Å²) in [5.41, 5.74) is -0.533. The fourth-order valence-corrected chi connectivity index (χ4v) is 2.57. The number of methoxy groups -OCH3 is 2. The average Bonchev–Trinajstić information content (AvgIpc) is 2.67. The molecule has 1 rings (SSSR count). The number of benzene rings is 1. The van der Waals surface area contributed by atoms with Crippen LogP contribution in [0.4, 0.5) is 4.79 Å². The topological polar surface area (TPSA) is 113 Å². The standard InChI is InChI=1S/C22H38N4O5/c1-9-23-19(25-14-22(5,6)26-20(28)31-21(2,3)4)24-13-18(27)15-10-16(29-7)12-17(11-15)30-8/h10-12,18,27H,9,13-14H2,1-8H3,(H,26,28)(H2,23,24,25). The minimum Gasteiger partial charge on any atom is -0.497 e. The maximum absolute atomic E-state index is 12.1. The molecular weight excluding hydrogens is 400 g/mol. The van der Waals surface area contributed by atoms with Crippen molar-refractivity contribution in [2.75, 3.05) is 33.9 Å². The predicted octanol–water partition coefficient (Wildman–Crippen LogP) is 2.60. The van der Waals surface area contributed by atoms with Crippen molar-refractivity contribution < 1.29 is 24.1 Å². The van der Waals surface area contributed by atoms with Gasteiger partial charge in [0, 0.05) is 19.2 Å². The maximum Gasteiger partial charge on any atom is 0.408 e. The molecule has 4 N–H and O–H groups in total. The van der Waals surface area contributed by atoms with E-state index >= 15 is 0 Å². The van der Waals surface area contributed by atoms with Gasteiger partial charge < -0.3 is 35.3 Å². The summed E-state index contributed by atoms with van der Waals surface area (Å²) in [6.07, 6.45) is -1.30. The van der Waals surface area contributed by atoms with Gasteiger partial charge in [0.2, 0.25) is 0 Å². The highest BCUT2D eigenvalue weighted by atomic mass is 16.6. The monoisotopic (exact) mass is 438 g/mol. The number of aliphatic hydroxyl groups is 1. The lowest BCUT2D eigenvalue weighted by Gasteiger charge is -2.27. The molecule has 0 spiro atoms. The highest BCUT2D eigenvalue weighted by molar-refractivity contribution is 5.80. The first-order valence-corrected chi connectivity index (χ1v) is 10.3. The van der Waals surface area contributed by atoms with Crippen LogP contribution in [0.1, 0.15) is 53.2 Å². The number of aliphatic imine (C=N–C) groups is 1. The quantitative estimate of drug-likeness (QED) is 0.346. The van der Waals surface area contributed by atoms with Gasteiger partial charge in [-0.2, -0.15) is 0 Å². The number of ether oxygens (including phenoxy) is 3. The molecule has 0 saturated heterocycles. The molecule has 9 nitrogen and oxygen atoms in total. The number of hydrogen-bond acceptors (Lipinski definition) is 6. The number of alkyl carbamates (subject to hydrolysis) is 1. The first kappa shape index (κ1) is 26.4. The van der Waals surface area contributed by atoms with E-state index in [1.165, 1.54) is 0 Å². The Hall–Kier alpha value is -2.68. The predicted molar refractivity (Wildman–Crippen MR) is 122 cm³/mol. The number of nitrogens with zero attached hydrogens (tertiary/aromatic N) is 1. The summed E-state index contributed by atoms with van der Waals surface area (Å²) < 4.78 is 15.8. The molecule has 0 fully saturated rings. The van der Waals surface area contributed by atoms with Gasteiger partial charge in [-0.1, -0.05) is 0 Å². The van der Waals surface area contributed by atoms with Crippen LogP contribution in [-0.4, -0.2) is 62.2 Å². The van der Waals surface area contributed by atoms with Gasteiger partial charge in [-0.3, -0.25) is 4.99 Å². The van der Waals surface area contributed by atoms with Crippen LogP contribution in [0.2, 0.25) is 0 Å². The van der Waals surface area contributed by atoms with E-state index in [0.717, 1.165) is 0 Å². The van der Waals surface area contributed by atoms with Crippen molar-refractivity contribution in [3.63, 3.8) is 0 Å². The zero-order chi connectivity index (χ0) is 23.7. The highest BCUT2D eigenvalue weighted by Gasteiger charge is 2.24. The lowest BCUT2D eigenvalue weighted by Crippen LogP contribution is -2.49. The van der Waals surface area contributed by atoms with Crippen molar-refractivity contribution in [1.29, 1.82) is 0 Å². The number of guanidine groups is 1. The maximum atomic E-state index is 12.1. The third kappa shape index (κ3) is 10.3. The van der Waals surface area contributed by atoms with E-state index in [9.17, 15) is 9.90 Å². The molecule has 0 aliphatic heterocycles. The lowest BCUT2D eigenvalue weighted by atomic mass is 10.1. The Bertz CT molecular complexity index is 722. The van der Waals surface area contributed by atoms with Crippen molar-refractivity contribution in [3.05, 3.63) is 23.8 Å². The van der Waals surface area contributed by atoms with Crippen LogP contribution in [0.5, 0.6) is 11.5 Å². The smallest absolute Gasteiger partial charge is 0.408 e. The second kappa shape index (κ2) is 11.6. The Balaban J connectivity index is 2.77. The van der Waals surface area contributed by atoms with Crippen LogP contribution in [-0.2, 0) is 4.74 Å². The molecule has 1 unspecified atom stereocenters. The first-order chi connectivity index (χ1) is 14.4. The molecule has 1 aromatic carbocycles. The summed E-state index contributed by atoms with van der Waals surface area (Å²) in [5.74, 6) is 1.73. The second-order valence-corrected chi connectivity index (χ2v) is 8.75. The van der Waals surface area contributed by atoms with Crippen LogP contribution >= 0.6 is 0 Å². The minimum atomic E-state index is -0.805. The molecule has 1 aromatic rings. The van der Waals surface area contributed by atoms with Crippen molar-refractivity contribution >= 4 is 12.1 Å². The van der Waals surface area contributed by atoms with Gasteiger partial charge in [-0.05, 0) is 59.2 Å². The van der Waals surface area contributed by atoms with E-state index < -0.39 is 23.3 Å². The summed E-state index contributed by atoms with van der Waals surface area (Å²) in [4.78, 5) is 16.6. The molecule has 31 heavy (non-hydrogen) atoms. The molecule has 1 atom stereocenters. The van der Waals surface area contributed by atoms with Crippen LogP contribution in [0.25, 0.3) is 0 Å². The van der Waals surface area contributed by atoms with Gasteiger partial charge in [-0.25, -0.2) is 4.79 Å². The molecule has 0 aliphatic rings. The van der Waals surface area contributed by atoms with Crippen molar-refractivity contribution in [3.8, 4) is 11.5 Å². The van der Waals surface area contributed by atoms with Gasteiger partial charge >= 0.3 is 6.09 Å². The minimum absolute atomic E-state index is 0.224. The summed E-state index contributed by atoms with van der Waals surface area (Å²) in [6.45, 7) is 12.3. The molecule has 0 bridgehead atoms. The number of amides is 1. The molecule has 0 aliphatic carbocycles. The molecule has 9 heteroatoms. The Kier molecular flexibility index (Phi) is 9.90. The fourth-order valence-electron chi connectivity index (χ4n) is 2.57. The van der Waals surface area contributed by atoms with E-state index in [2.05, 4.69) is 20.9 Å². The summed E-state index contributed by atoms with van der Waals surface area (Å²) >= 11 is 0. The van der Waals surface area contributed by atoms with Crippen LogP contribution in [0.3, 0.4) is 0 Å². The Morgan fingerprint density at radius 2 is 1.65 bits per heavy atom. The number of hydrogen-bond donors (Lipinski definition) is 4. The van der Waals surface area contributed by atoms with Gasteiger partial charge in [0.05, 0.1) is 32.4 Å². The van der Waals surface area contributed by atoms with Crippen LogP contribution in [0.15, 0.2) is 23.2 Å². The van der Waals surface area contributed by atoms with Crippen molar-refractivity contribution in [2.24, 2.45) is 4.99 Å². The fraction of sp³-hybridized carbons (Fsp3) is 0.636. The molecule has 0 heterocycles. The lowest BCUT2D eigenvalue weighted by molar-refractivity contribution is 0.0476. The number of aliphatic hydroxyl groups excluding tert-OH is 1. The highest BCUT2D eigenvalue weighted by Crippen LogP contribution is 2.26. The van der Waals surface area contributed by atoms with E-state index in [0.29, 0.717) is 36.1 Å². The number of rotatable bonds is 9. The van der Waals surface area contributed by atoms with Gasteiger partial charge in [0.15, 0.2) is 5.96 Å². The third-order valence-corrected chi connectivity index (χ3v) is 4.04. The van der Waals surface area contributed by atoms with Crippen LogP contribution in [0, 0.1) is 0 Å². The Labute approximate surface area is 185 Å². The molecular formula is C22H38N4O5. The van der Waals surface area contributed by atoms with E-state index in [1.807, 2.05) is 41.5 Å². The number of carbonyl (C=O) groups is 1. The number of nitrogens with one attached hydrogen (secondary N) is 3. The van der Waals surface area contributed by atoms with Gasteiger partial charge in [-0.15, -0.1) is 0 Å². The number of carbonyl (C=O) groups excluding carboxylic acids is 1. The average molecular weight is 439 g/mol. The van der Waals surface area contributed by atoms with Crippen molar-refractivity contribution in [2.45, 2.75) is 58.8 Å². The Morgan fingerprint density at radius 3 is 2.13 bits per heavy atom. The van der Waals surface area contributed by atoms with E-state index in [-0.39, 0.29) is 6.54 Å². The molecule has 176 valence electrons. The summed E-state index contributed by atoms with van der Waals surface area (Å²) in [5, 5.41) is 19.7. The normalized spacial score (nSPS) is 13.3. The molecule has 0 saturated carbocycles. The summed E-state index contributed by atoms with van der Waals surface area (Å²) in [7, 11) is 3.12.